The summed E-state index contributed by atoms with van der Waals surface area (Å²) >= 11 is 0. The van der Waals surface area contributed by atoms with E-state index in [1.54, 1.807) is 7.11 Å². The van der Waals surface area contributed by atoms with Gasteiger partial charge in [0.05, 0.1) is 7.11 Å². The quantitative estimate of drug-likeness (QED) is 0.782. The van der Waals surface area contributed by atoms with Crippen molar-refractivity contribution in [2.75, 3.05) is 19.0 Å². The van der Waals surface area contributed by atoms with E-state index < -0.39 is 5.97 Å². The van der Waals surface area contributed by atoms with Crippen LogP contribution >= 0.6 is 0 Å². The van der Waals surface area contributed by atoms with Crippen molar-refractivity contribution in [1.82, 2.24) is 0 Å². The zero-order valence-corrected chi connectivity index (χ0v) is 11.2. The predicted octanol–water partition coefficient (Wildman–Crippen LogP) is 2.78. The summed E-state index contributed by atoms with van der Waals surface area (Å²) in [6.07, 6.45) is 1.09. The molecule has 0 fully saturated rings. The molecular formula is C14H21NO3. The van der Waals surface area contributed by atoms with E-state index in [0.717, 1.165) is 23.4 Å². The van der Waals surface area contributed by atoms with Crippen molar-refractivity contribution in [3.8, 4) is 5.75 Å². The minimum absolute atomic E-state index is 0.106. The lowest BCUT2D eigenvalue weighted by molar-refractivity contribution is -0.137. The van der Waals surface area contributed by atoms with Crippen molar-refractivity contribution in [2.24, 2.45) is 5.92 Å². The smallest absolute Gasteiger partial charge is 0.303 e. The molecule has 1 atom stereocenters. The molecule has 0 radical (unpaired) electrons. The fraction of sp³-hybridized carbons (Fsp3) is 0.500. The SMILES string of the molecule is CCc1cc(NCC(C)CC(=O)O)ccc1OC. The number of aliphatic carboxylic acids is 1. The van der Waals surface area contributed by atoms with Crippen LogP contribution in [0.3, 0.4) is 0 Å². The topological polar surface area (TPSA) is 58.6 Å². The standard InChI is InChI=1S/C14H21NO3/c1-4-11-8-12(5-6-13(11)18-3)15-9-10(2)7-14(16)17/h5-6,8,10,15H,4,7,9H2,1-3H3,(H,16,17). The van der Waals surface area contributed by atoms with Crippen molar-refractivity contribution < 1.29 is 14.6 Å². The number of rotatable bonds is 7. The molecule has 4 heteroatoms. The Balaban J connectivity index is 2.60. The first-order valence-electron chi connectivity index (χ1n) is 6.19. The molecule has 0 saturated heterocycles. The van der Waals surface area contributed by atoms with Crippen LogP contribution in [0.4, 0.5) is 5.69 Å². The lowest BCUT2D eigenvalue weighted by Crippen LogP contribution is -2.15. The summed E-state index contributed by atoms with van der Waals surface area (Å²) in [6.45, 7) is 4.65. The zero-order chi connectivity index (χ0) is 13.5. The van der Waals surface area contributed by atoms with Crippen LogP contribution in [0, 0.1) is 5.92 Å². The monoisotopic (exact) mass is 251 g/mol. The summed E-state index contributed by atoms with van der Waals surface area (Å²) < 4.78 is 5.26. The highest BCUT2D eigenvalue weighted by Crippen LogP contribution is 2.23. The molecule has 0 aromatic heterocycles. The van der Waals surface area contributed by atoms with E-state index in [0.29, 0.717) is 6.54 Å². The Morgan fingerprint density at radius 2 is 2.22 bits per heavy atom. The van der Waals surface area contributed by atoms with Crippen LogP contribution in [0.5, 0.6) is 5.75 Å². The lowest BCUT2D eigenvalue weighted by atomic mass is 10.1. The van der Waals surface area contributed by atoms with Crippen LogP contribution in [0.25, 0.3) is 0 Å². The fourth-order valence-corrected chi connectivity index (χ4v) is 1.83. The van der Waals surface area contributed by atoms with E-state index >= 15 is 0 Å². The van der Waals surface area contributed by atoms with Crippen LogP contribution in [-0.2, 0) is 11.2 Å². The summed E-state index contributed by atoms with van der Waals surface area (Å²) in [5, 5.41) is 11.9. The molecule has 0 aliphatic carbocycles. The van der Waals surface area contributed by atoms with Crippen molar-refractivity contribution in [3.63, 3.8) is 0 Å². The fourth-order valence-electron chi connectivity index (χ4n) is 1.83. The highest BCUT2D eigenvalue weighted by atomic mass is 16.5. The number of hydrogen-bond acceptors (Lipinski definition) is 3. The molecule has 1 rings (SSSR count). The minimum Gasteiger partial charge on any atom is -0.496 e. The first kappa shape index (κ1) is 14.4. The van der Waals surface area contributed by atoms with Gasteiger partial charge in [-0.25, -0.2) is 0 Å². The molecule has 0 aliphatic rings. The van der Waals surface area contributed by atoms with E-state index in [4.69, 9.17) is 9.84 Å². The summed E-state index contributed by atoms with van der Waals surface area (Å²) in [7, 11) is 1.66. The van der Waals surface area contributed by atoms with E-state index in [2.05, 4.69) is 12.2 Å². The Labute approximate surface area is 108 Å². The second-order valence-electron chi connectivity index (χ2n) is 4.46. The van der Waals surface area contributed by atoms with E-state index in [9.17, 15) is 4.79 Å². The summed E-state index contributed by atoms with van der Waals surface area (Å²) in [6, 6.07) is 5.93. The summed E-state index contributed by atoms with van der Waals surface area (Å²) in [4.78, 5) is 10.6. The lowest BCUT2D eigenvalue weighted by Gasteiger charge is -2.14. The Morgan fingerprint density at radius 1 is 1.50 bits per heavy atom. The molecule has 0 amide bonds. The van der Waals surface area contributed by atoms with Gasteiger partial charge in [0.2, 0.25) is 0 Å². The van der Waals surface area contributed by atoms with Gasteiger partial charge in [-0.15, -0.1) is 0 Å². The number of carboxylic acid groups (broad SMARTS) is 1. The Morgan fingerprint density at radius 3 is 2.78 bits per heavy atom. The molecule has 2 N–H and O–H groups in total. The zero-order valence-electron chi connectivity index (χ0n) is 11.2. The predicted molar refractivity (Wildman–Crippen MR) is 72.3 cm³/mol. The normalized spacial score (nSPS) is 11.9. The highest BCUT2D eigenvalue weighted by Gasteiger charge is 2.08. The second kappa shape index (κ2) is 6.89. The van der Waals surface area contributed by atoms with Crippen LogP contribution in [0.15, 0.2) is 18.2 Å². The van der Waals surface area contributed by atoms with Crippen molar-refractivity contribution in [2.45, 2.75) is 26.7 Å². The molecule has 0 spiro atoms. The number of anilines is 1. The third-order valence-electron chi connectivity index (χ3n) is 2.84. The summed E-state index contributed by atoms with van der Waals surface area (Å²) in [5.74, 6) is 0.240. The number of methoxy groups -OCH3 is 1. The van der Waals surface area contributed by atoms with Gasteiger partial charge in [-0.1, -0.05) is 13.8 Å². The molecule has 1 aromatic rings. The van der Waals surface area contributed by atoms with Crippen LogP contribution in [0.1, 0.15) is 25.8 Å². The Hall–Kier alpha value is -1.71. The molecule has 100 valence electrons. The van der Waals surface area contributed by atoms with Gasteiger partial charge < -0.3 is 15.2 Å². The summed E-state index contributed by atoms with van der Waals surface area (Å²) in [5.41, 5.74) is 2.15. The number of hydrogen-bond donors (Lipinski definition) is 2. The molecular weight excluding hydrogens is 230 g/mol. The van der Waals surface area contributed by atoms with E-state index in [-0.39, 0.29) is 12.3 Å². The molecule has 0 aliphatic heterocycles. The first-order chi connectivity index (χ1) is 8.56. The third kappa shape index (κ3) is 4.28. The van der Waals surface area contributed by atoms with Gasteiger partial charge in [0.25, 0.3) is 0 Å². The molecule has 1 aromatic carbocycles. The van der Waals surface area contributed by atoms with Crippen LogP contribution < -0.4 is 10.1 Å². The van der Waals surface area contributed by atoms with Gasteiger partial charge in [-0.2, -0.15) is 0 Å². The molecule has 0 saturated carbocycles. The number of ether oxygens (including phenoxy) is 1. The van der Waals surface area contributed by atoms with Crippen molar-refractivity contribution in [1.29, 1.82) is 0 Å². The first-order valence-corrected chi connectivity index (χ1v) is 6.19. The van der Waals surface area contributed by atoms with Crippen molar-refractivity contribution in [3.05, 3.63) is 23.8 Å². The number of aryl methyl sites for hydroxylation is 1. The maximum Gasteiger partial charge on any atom is 0.303 e. The van der Waals surface area contributed by atoms with Crippen LogP contribution in [0.2, 0.25) is 0 Å². The van der Waals surface area contributed by atoms with Crippen LogP contribution in [-0.4, -0.2) is 24.7 Å². The van der Waals surface area contributed by atoms with Crippen molar-refractivity contribution >= 4 is 11.7 Å². The van der Waals surface area contributed by atoms with Gasteiger partial charge >= 0.3 is 5.97 Å². The average Bonchev–Trinajstić information content (AvgIpc) is 2.35. The van der Waals surface area contributed by atoms with Gasteiger partial charge in [0.15, 0.2) is 0 Å². The third-order valence-corrected chi connectivity index (χ3v) is 2.84. The maximum absolute atomic E-state index is 10.6. The number of benzene rings is 1. The van der Waals surface area contributed by atoms with Gasteiger partial charge in [-0.3, -0.25) is 4.79 Å². The maximum atomic E-state index is 10.6. The second-order valence-corrected chi connectivity index (χ2v) is 4.46. The largest absolute Gasteiger partial charge is 0.496 e. The number of nitrogens with one attached hydrogen (secondary N) is 1. The minimum atomic E-state index is -0.756. The highest BCUT2D eigenvalue weighted by molar-refractivity contribution is 5.67. The van der Waals surface area contributed by atoms with E-state index in [1.807, 2.05) is 25.1 Å². The van der Waals surface area contributed by atoms with Gasteiger partial charge in [-0.05, 0) is 36.1 Å². The molecule has 0 heterocycles. The molecule has 18 heavy (non-hydrogen) atoms. The molecule has 4 nitrogen and oxygen atoms in total. The molecule has 1 unspecified atom stereocenters. The molecule has 0 bridgehead atoms. The number of carbonyl (C=O) groups is 1. The Bertz CT molecular complexity index is 404. The van der Waals surface area contributed by atoms with Gasteiger partial charge in [0, 0.05) is 18.7 Å². The Kier molecular flexibility index (Phi) is 5.49. The van der Waals surface area contributed by atoms with E-state index in [1.165, 1.54) is 0 Å². The average molecular weight is 251 g/mol. The van der Waals surface area contributed by atoms with Gasteiger partial charge in [0.1, 0.15) is 5.75 Å². The number of carboxylic acids is 1.